The minimum absolute atomic E-state index is 0.102. The van der Waals surface area contributed by atoms with Crippen LogP contribution in [0.4, 0.5) is 5.69 Å². The van der Waals surface area contributed by atoms with Crippen LogP contribution in [0.1, 0.15) is 6.92 Å². The van der Waals surface area contributed by atoms with Gasteiger partial charge in [0.1, 0.15) is 11.6 Å². The van der Waals surface area contributed by atoms with Crippen molar-refractivity contribution in [1.82, 2.24) is 9.80 Å². The molecule has 1 N–H and O–H groups in total. The maximum atomic E-state index is 12.2. The molecule has 6 heteroatoms. The van der Waals surface area contributed by atoms with Gasteiger partial charge in [-0.2, -0.15) is 5.26 Å². The number of nitrogens with one attached hydrogen (secondary N) is 1. The largest absolute Gasteiger partial charge is 0.374 e. The molecule has 1 heterocycles. The summed E-state index contributed by atoms with van der Waals surface area (Å²) < 4.78 is 0. The van der Waals surface area contributed by atoms with Gasteiger partial charge >= 0.3 is 0 Å². The van der Waals surface area contributed by atoms with Crippen LogP contribution in [-0.4, -0.2) is 48.4 Å². The Kier molecular flexibility index (Phi) is 5.82. The van der Waals surface area contributed by atoms with Gasteiger partial charge in [-0.05, 0) is 24.7 Å². The molecule has 1 amide bonds. The minimum Gasteiger partial charge on any atom is -0.374 e. The van der Waals surface area contributed by atoms with Crippen molar-refractivity contribution >= 4 is 23.2 Å². The summed E-state index contributed by atoms with van der Waals surface area (Å²) in [6, 6.07) is 8.83. The summed E-state index contributed by atoms with van der Waals surface area (Å²) in [5.41, 5.74) is 0.680. The highest BCUT2D eigenvalue weighted by atomic mass is 35.5. The van der Waals surface area contributed by atoms with E-state index < -0.39 is 5.91 Å². The van der Waals surface area contributed by atoms with Crippen molar-refractivity contribution in [2.45, 2.75) is 6.92 Å². The average Bonchev–Trinajstić information content (AvgIpc) is 2.53. The summed E-state index contributed by atoms with van der Waals surface area (Å²) >= 11 is 5.88. The van der Waals surface area contributed by atoms with Crippen LogP contribution in [-0.2, 0) is 4.79 Å². The summed E-state index contributed by atoms with van der Waals surface area (Å²) in [6.45, 7) is 6.69. The first-order valence-corrected chi connectivity index (χ1v) is 7.65. The number of piperazine rings is 1. The fourth-order valence-corrected chi connectivity index (χ4v) is 2.48. The number of halogens is 1. The van der Waals surface area contributed by atoms with E-state index in [1.165, 1.54) is 0 Å². The van der Waals surface area contributed by atoms with Crippen LogP contribution in [0.3, 0.4) is 0 Å². The number of amides is 1. The molecule has 0 unspecified atom stereocenters. The van der Waals surface area contributed by atoms with Crippen LogP contribution in [0.25, 0.3) is 0 Å². The fraction of sp³-hybridized carbons (Fsp3) is 0.375. The SMILES string of the molecule is CCN1CCN(C=C(C#N)C(=O)Nc2cccc(Cl)c2)CC1. The number of hydrogen-bond donors (Lipinski definition) is 1. The Labute approximate surface area is 135 Å². The summed E-state index contributed by atoms with van der Waals surface area (Å²) in [4.78, 5) is 16.5. The second-order valence-electron chi connectivity index (χ2n) is 5.09. The molecule has 0 aliphatic carbocycles. The van der Waals surface area contributed by atoms with E-state index in [0.717, 1.165) is 32.7 Å². The molecule has 2 rings (SSSR count). The number of carbonyl (C=O) groups is 1. The molecule has 1 saturated heterocycles. The first-order chi connectivity index (χ1) is 10.6. The van der Waals surface area contributed by atoms with Gasteiger partial charge < -0.3 is 15.1 Å². The highest BCUT2D eigenvalue weighted by Gasteiger charge is 2.16. The third kappa shape index (κ3) is 4.48. The highest BCUT2D eigenvalue weighted by Crippen LogP contribution is 2.16. The van der Waals surface area contributed by atoms with Gasteiger partial charge in [0.25, 0.3) is 5.91 Å². The predicted molar refractivity (Wildman–Crippen MR) is 87.5 cm³/mol. The number of nitriles is 1. The quantitative estimate of drug-likeness (QED) is 0.683. The van der Waals surface area contributed by atoms with Gasteiger partial charge in [0.05, 0.1) is 0 Å². The van der Waals surface area contributed by atoms with Crippen molar-refractivity contribution in [3.8, 4) is 6.07 Å². The molecule has 1 aliphatic rings. The number of anilines is 1. The highest BCUT2D eigenvalue weighted by molar-refractivity contribution is 6.31. The van der Waals surface area contributed by atoms with Crippen molar-refractivity contribution < 1.29 is 4.79 Å². The molecule has 0 saturated carbocycles. The Morgan fingerprint density at radius 2 is 2.14 bits per heavy atom. The average molecular weight is 319 g/mol. The smallest absolute Gasteiger partial charge is 0.267 e. The number of carbonyl (C=O) groups excluding carboxylic acids is 1. The van der Waals surface area contributed by atoms with Crippen LogP contribution >= 0.6 is 11.6 Å². The number of nitrogens with zero attached hydrogens (tertiary/aromatic N) is 3. The lowest BCUT2D eigenvalue weighted by molar-refractivity contribution is -0.112. The van der Waals surface area contributed by atoms with Crippen molar-refractivity contribution in [2.24, 2.45) is 0 Å². The number of benzene rings is 1. The van der Waals surface area contributed by atoms with Crippen molar-refractivity contribution in [2.75, 3.05) is 38.0 Å². The van der Waals surface area contributed by atoms with E-state index in [1.54, 1.807) is 30.5 Å². The van der Waals surface area contributed by atoms with E-state index in [0.29, 0.717) is 10.7 Å². The van der Waals surface area contributed by atoms with Crippen LogP contribution in [0.5, 0.6) is 0 Å². The zero-order valence-electron chi connectivity index (χ0n) is 12.6. The molecule has 1 fully saturated rings. The van der Waals surface area contributed by atoms with Gasteiger partial charge in [-0.25, -0.2) is 0 Å². The molecule has 0 spiro atoms. The zero-order valence-corrected chi connectivity index (χ0v) is 13.3. The second kappa shape index (κ2) is 7.83. The molecule has 22 heavy (non-hydrogen) atoms. The molecule has 116 valence electrons. The molecule has 0 atom stereocenters. The first kappa shape index (κ1) is 16.3. The van der Waals surface area contributed by atoms with Crippen molar-refractivity contribution in [1.29, 1.82) is 5.26 Å². The fourth-order valence-electron chi connectivity index (χ4n) is 2.29. The van der Waals surface area contributed by atoms with E-state index in [-0.39, 0.29) is 5.57 Å². The lowest BCUT2D eigenvalue weighted by Gasteiger charge is -2.33. The Hall–Kier alpha value is -2.03. The maximum Gasteiger partial charge on any atom is 0.267 e. The molecule has 0 radical (unpaired) electrons. The molecule has 1 aliphatic heterocycles. The van der Waals surface area contributed by atoms with E-state index >= 15 is 0 Å². The lowest BCUT2D eigenvalue weighted by Crippen LogP contribution is -2.44. The van der Waals surface area contributed by atoms with Gasteiger partial charge in [0.2, 0.25) is 0 Å². The summed E-state index contributed by atoms with van der Waals surface area (Å²) in [5.74, 6) is -0.414. The summed E-state index contributed by atoms with van der Waals surface area (Å²) in [5, 5.41) is 12.4. The van der Waals surface area contributed by atoms with Crippen molar-refractivity contribution in [3.05, 3.63) is 41.1 Å². The standard InChI is InChI=1S/C16H19ClN4O/c1-2-20-6-8-21(9-7-20)12-13(11-18)16(22)19-15-5-3-4-14(17)10-15/h3-5,10,12H,2,6-9H2,1H3,(H,19,22). The van der Waals surface area contributed by atoms with Gasteiger partial charge in [0.15, 0.2) is 0 Å². The van der Waals surface area contributed by atoms with Crippen LogP contribution in [0.2, 0.25) is 5.02 Å². The second-order valence-corrected chi connectivity index (χ2v) is 5.53. The molecular formula is C16H19ClN4O. The van der Waals surface area contributed by atoms with Gasteiger partial charge in [-0.1, -0.05) is 24.6 Å². The van der Waals surface area contributed by atoms with Crippen molar-refractivity contribution in [3.63, 3.8) is 0 Å². The van der Waals surface area contributed by atoms with E-state index in [9.17, 15) is 10.1 Å². The Morgan fingerprint density at radius 3 is 2.73 bits per heavy atom. The first-order valence-electron chi connectivity index (χ1n) is 7.27. The van der Waals surface area contributed by atoms with E-state index in [1.807, 2.05) is 11.0 Å². The normalized spacial score (nSPS) is 16.2. The van der Waals surface area contributed by atoms with Crippen LogP contribution < -0.4 is 5.32 Å². The Morgan fingerprint density at radius 1 is 1.41 bits per heavy atom. The monoisotopic (exact) mass is 318 g/mol. The molecule has 1 aromatic carbocycles. The molecule has 0 bridgehead atoms. The lowest BCUT2D eigenvalue weighted by atomic mass is 10.2. The topological polar surface area (TPSA) is 59.4 Å². The Bertz CT molecular complexity index is 600. The molecule has 1 aromatic rings. The summed E-state index contributed by atoms with van der Waals surface area (Å²) in [6.07, 6.45) is 1.65. The van der Waals surface area contributed by atoms with Gasteiger partial charge in [0, 0.05) is 43.1 Å². The minimum atomic E-state index is -0.414. The van der Waals surface area contributed by atoms with Gasteiger partial charge in [-0.3, -0.25) is 4.79 Å². The van der Waals surface area contributed by atoms with Crippen LogP contribution in [0, 0.1) is 11.3 Å². The molecular weight excluding hydrogens is 300 g/mol. The van der Waals surface area contributed by atoms with E-state index in [4.69, 9.17) is 11.6 Å². The van der Waals surface area contributed by atoms with Crippen LogP contribution in [0.15, 0.2) is 36.0 Å². The number of hydrogen-bond acceptors (Lipinski definition) is 4. The third-order valence-electron chi connectivity index (χ3n) is 3.61. The summed E-state index contributed by atoms with van der Waals surface area (Å²) in [7, 11) is 0. The van der Waals surface area contributed by atoms with E-state index in [2.05, 4.69) is 17.1 Å². The number of likely N-dealkylation sites (N-methyl/N-ethyl adjacent to an activating group) is 1. The molecule has 0 aromatic heterocycles. The number of rotatable bonds is 4. The Balaban J connectivity index is 2.00. The molecule has 5 nitrogen and oxygen atoms in total. The third-order valence-corrected chi connectivity index (χ3v) is 3.85. The zero-order chi connectivity index (χ0) is 15.9. The maximum absolute atomic E-state index is 12.2. The van der Waals surface area contributed by atoms with Gasteiger partial charge in [-0.15, -0.1) is 0 Å². The predicted octanol–water partition coefficient (Wildman–Crippen LogP) is 2.32.